The number of carboxylic acids is 2. The minimum Gasteiger partial charge on any atom is -0.478 e. The highest BCUT2D eigenvalue weighted by Gasteiger charge is 2.11. The zero-order valence-corrected chi connectivity index (χ0v) is 16.3. The van der Waals surface area contributed by atoms with Gasteiger partial charge in [-0.15, -0.1) is 0 Å². The van der Waals surface area contributed by atoms with Crippen LogP contribution >= 0.6 is 0 Å². The summed E-state index contributed by atoms with van der Waals surface area (Å²) in [6, 6.07) is 10.1. The van der Waals surface area contributed by atoms with Crippen molar-refractivity contribution in [1.29, 1.82) is 0 Å². The molecule has 0 radical (unpaired) electrons. The zero-order chi connectivity index (χ0) is 22.0. The van der Waals surface area contributed by atoms with Crippen LogP contribution in [0, 0.1) is 0 Å². The summed E-state index contributed by atoms with van der Waals surface area (Å²) < 4.78 is 9.33. The van der Waals surface area contributed by atoms with E-state index >= 15 is 0 Å². The first-order valence-corrected chi connectivity index (χ1v) is 8.70. The van der Waals surface area contributed by atoms with E-state index < -0.39 is 23.9 Å². The predicted molar refractivity (Wildman–Crippen MR) is 103 cm³/mol. The lowest BCUT2D eigenvalue weighted by Crippen LogP contribution is -2.06. The van der Waals surface area contributed by atoms with Gasteiger partial charge in [-0.05, 0) is 61.4 Å². The minimum absolute atomic E-state index is 0.117. The third-order valence-corrected chi connectivity index (χ3v) is 3.78. The molecule has 0 fully saturated rings. The van der Waals surface area contributed by atoms with Crippen molar-refractivity contribution in [1.82, 2.24) is 0 Å². The maximum Gasteiger partial charge on any atom is 0.338 e. The van der Waals surface area contributed by atoms with Crippen LogP contribution < -0.4 is 0 Å². The molecular weight excluding hydrogens is 380 g/mol. The van der Waals surface area contributed by atoms with E-state index in [9.17, 15) is 19.2 Å². The van der Waals surface area contributed by atoms with Crippen LogP contribution in [0.3, 0.4) is 0 Å². The van der Waals surface area contributed by atoms with E-state index in [2.05, 4.69) is 4.74 Å². The van der Waals surface area contributed by atoms with Crippen LogP contribution in [0.25, 0.3) is 0 Å². The summed E-state index contributed by atoms with van der Waals surface area (Å²) in [4.78, 5) is 43.7. The molecule has 154 valence electrons. The number of ether oxygens (including phenoxy) is 2. The van der Waals surface area contributed by atoms with E-state index in [-0.39, 0.29) is 11.1 Å². The molecule has 0 unspecified atom stereocenters. The fraction of sp³-hybridized carbons (Fsp3) is 0.238. The van der Waals surface area contributed by atoms with Crippen molar-refractivity contribution in [2.45, 2.75) is 20.3 Å². The molecule has 29 heavy (non-hydrogen) atoms. The molecule has 0 heterocycles. The number of carbonyl (C=O) groups excluding carboxylic acids is 2. The molecule has 0 aliphatic heterocycles. The molecule has 0 aromatic heterocycles. The summed E-state index contributed by atoms with van der Waals surface area (Å²) in [5.74, 6) is -2.89. The van der Waals surface area contributed by atoms with Crippen LogP contribution in [0.5, 0.6) is 0 Å². The summed E-state index contributed by atoms with van der Waals surface area (Å²) in [7, 11) is 1.31. The van der Waals surface area contributed by atoms with E-state index in [0.717, 1.165) is 0 Å². The average molecular weight is 402 g/mol. The number of hydrogen-bond acceptors (Lipinski definition) is 6. The van der Waals surface area contributed by atoms with Gasteiger partial charge in [-0.25, -0.2) is 19.2 Å². The van der Waals surface area contributed by atoms with Gasteiger partial charge in [0.15, 0.2) is 0 Å². The second-order valence-corrected chi connectivity index (χ2v) is 5.63. The van der Waals surface area contributed by atoms with Crippen LogP contribution in [-0.4, -0.2) is 47.8 Å². The molecule has 0 saturated carbocycles. The van der Waals surface area contributed by atoms with Gasteiger partial charge in [0.2, 0.25) is 0 Å². The van der Waals surface area contributed by atoms with Crippen molar-refractivity contribution >= 4 is 23.9 Å². The fourth-order valence-electron chi connectivity index (χ4n) is 2.30. The summed E-state index contributed by atoms with van der Waals surface area (Å²) in [5, 5.41) is 17.5. The van der Waals surface area contributed by atoms with E-state index in [4.69, 9.17) is 14.9 Å². The summed E-state index contributed by atoms with van der Waals surface area (Å²) in [6.45, 7) is 3.85. The number of carbonyl (C=O) groups is 4. The second kappa shape index (κ2) is 11.2. The molecule has 2 N–H and O–H groups in total. The Morgan fingerprint density at radius 1 is 0.793 bits per heavy atom. The first-order chi connectivity index (χ1) is 13.7. The molecule has 0 spiro atoms. The number of aromatic carboxylic acids is 2. The second-order valence-electron chi connectivity index (χ2n) is 5.63. The van der Waals surface area contributed by atoms with E-state index in [0.29, 0.717) is 29.7 Å². The smallest absolute Gasteiger partial charge is 0.338 e. The van der Waals surface area contributed by atoms with Crippen molar-refractivity contribution in [3.8, 4) is 0 Å². The van der Waals surface area contributed by atoms with Gasteiger partial charge in [0.25, 0.3) is 0 Å². The molecule has 0 atom stereocenters. The minimum atomic E-state index is -1.04. The van der Waals surface area contributed by atoms with E-state index in [1.807, 2.05) is 0 Å². The van der Waals surface area contributed by atoms with Crippen molar-refractivity contribution < 1.29 is 38.9 Å². The van der Waals surface area contributed by atoms with E-state index in [1.54, 1.807) is 13.8 Å². The Morgan fingerprint density at radius 3 is 1.72 bits per heavy atom. The molecule has 2 aromatic rings. The average Bonchev–Trinajstić information content (AvgIpc) is 2.73. The van der Waals surface area contributed by atoms with Crippen LogP contribution in [0.1, 0.15) is 60.8 Å². The number of aryl methyl sites for hydroxylation is 1. The van der Waals surface area contributed by atoms with Gasteiger partial charge in [-0.3, -0.25) is 0 Å². The molecule has 2 rings (SSSR count). The van der Waals surface area contributed by atoms with Crippen LogP contribution in [0.4, 0.5) is 0 Å². The molecule has 0 bridgehead atoms. The Hall–Kier alpha value is -3.68. The first-order valence-electron chi connectivity index (χ1n) is 8.70. The summed E-state index contributed by atoms with van der Waals surface area (Å²) in [6.07, 6.45) is 0.503. The van der Waals surface area contributed by atoms with Gasteiger partial charge in [-0.2, -0.15) is 0 Å². The highest BCUT2D eigenvalue weighted by atomic mass is 16.5. The number of benzene rings is 2. The Labute approximate surface area is 167 Å². The molecule has 8 nitrogen and oxygen atoms in total. The number of hydrogen-bond donors (Lipinski definition) is 2. The van der Waals surface area contributed by atoms with Gasteiger partial charge in [0.05, 0.1) is 36.0 Å². The number of carboxylic acid groups (broad SMARTS) is 2. The normalized spacial score (nSPS) is 9.62. The lowest BCUT2D eigenvalue weighted by atomic mass is 10.0. The Morgan fingerprint density at radius 2 is 1.31 bits per heavy atom. The zero-order valence-electron chi connectivity index (χ0n) is 16.3. The summed E-state index contributed by atoms with van der Waals surface area (Å²) >= 11 is 0. The van der Waals surface area contributed by atoms with Gasteiger partial charge in [0, 0.05) is 0 Å². The standard InChI is InChI=1S/C11H12O4.C10H10O4/c1-3-15-11(13)9-6-4-8(5-7-9)10(12)14-2;1-2-6-5-7(9(11)12)3-4-8(6)10(13)14/h4-7H,3H2,1-2H3;3-5H,2H2,1H3,(H,11,12)(H,13,14). The Balaban J connectivity index is 0.000000291. The maximum atomic E-state index is 11.3. The summed E-state index contributed by atoms with van der Waals surface area (Å²) in [5.41, 5.74) is 1.65. The number of rotatable bonds is 6. The lowest BCUT2D eigenvalue weighted by Gasteiger charge is -2.04. The molecule has 0 amide bonds. The van der Waals surface area contributed by atoms with Gasteiger partial charge >= 0.3 is 23.9 Å². The monoisotopic (exact) mass is 402 g/mol. The highest BCUT2D eigenvalue weighted by Crippen LogP contribution is 2.13. The maximum absolute atomic E-state index is 11.3. The van der Waals surface area contributed by atoms with Gasteiger partial charge < -0.3 is 19.7 Å². The predicted octanol–water partition coefficient (Wildman–Crippen LogP) is 3.30. The number of methoxy groups -OCH3 is 1. The Bertz CT molecular complexity index is 884. The molecule has 8 heteroatoms. The topological polar surface area (TPSA) is 127 Å². The van der Waals surface area contributed by atoms with Crippen molar-refractivity contribution in [2.75, 3.05) is 13.7 Å². The lowest BCUT2D eigenvalue weighted by molar-refractivity contribution is 0.0523. The Kier molecular flexibility index (Phi) is 9.04. The highest BCUT2D eigenvalue weighted by molar-refractivity contribution is 5.94. The third kappa shape index (κ3) is 6.76. The van der Waals surface area contributed by atoms with Crippen LogP contribution in [-0.2, 0) is 15.9 Å². The van der Waals surface area contributed by atoms with Crippen molar-refractivity contribution in [3.05, 3.63) is 70.3 Å². The van der Waals surface area contributed by atoms with Crippen LogP contribution in [0.2, 0.25) is 0 Å². The quantitative estimate of drug-likeness (QED) is 0.705. The first kappa shape index (κ1) is 23.4. The molecule has 0 aliphatic rings. The van der Waals surface area contributed by atoms with Crippen LogP contribution in [0.15, 0.2) is 42.5 Å². The fourth-order valence-corrected chi connectivity index (χ4v) is 2.30. The third-order valence-electron chi connectivity index (χ3n) is 3.78. The SMILES string of the molecule is CCOC(=O)c1ccc(C(=O)OC)cc1.CCc1cc(C(=O)O)ccc1C(=O)O. The van der Waals surface area contributed by atoms with Gasteiger partial charge in [0.1, 0.15) is 0 Å². The van der Waals surface area contributed by atoms with Crippen molar-refractivity contribution in [2.24, 2.45) is 0 Å². The van der Waals surface area contributed by atoms with E-state index in [1.165, 1.54) is 49.6 Å². The molecule has 0 saturated heterocycles. The molecule has 2 aromatic carbocycles. The number of esters is 2. The molecular formula is C21H22O8. The largest absolute Gasteiger partial charge is 0.478 e. The van der Waals surface area contributed by atoms with Crippen molar-refractivity contribution in [3.63, 3.8) is 0 Å². The van der Waals surface area contributed by atoms with Gasteiger partial charge in [-0.1, -0.05) is 6.92 Å². The molecule has 0 aliphatic carbocycles.